The molecule has 4 nitrogen and oxygen atoms in total. The van der Waals surface area contributed by atoms with Crippen molar-refractivity contribution >= 4 is 17.3 Å². The largest absolute Gasteiger partial charge is 0.411 e. The minimum Gasteiger partial charge on any atom is -0.411 e. The lowest BCUT2D eigenvalue weighted by Crippen LogP contribution is -2.17. The first-order valence-corrected chi connectivity index (χ1v) is 6.82. The molecule has 0 aromatic heterocycles. The van der Waals surface area contributed by atoms with Crippen molar-refractivity contribution in [1.29, 1.82) is 0 Å². The van der Waals surface area contributed by atoms with Gasteiger partial charge in [0.25, 0.3) is 0 Å². The highest BCUT2D eigenvalue weighted by Gasteiger charge is 2.68. The van der Waals surface area contributed by atoms with Gasteiger partial charge in [-0.25, -0.2) is 0 Å². The predicted molar refractivity (Wildman–Crippen MR) is 80.1 cm³/mol. The normalized spacial score (nSPS) is 20.6. The fraction of sp³-hybridized carbons (Fsp3) is 0.500. The lowest BCUT2D eigenvalue weighted by molar-refractivity contribution is -0.118. The number of hydrogen-bond acceptors (Lipinski definition) is 3. The van der Waals surface area contributed by atoms with Gasteiger partial charge in [0.15, 0.2) is 0 Å². The summed E-state index contributed by atoms with van der Waals surface area (Å²) in [6, 6.07) is 7.30. The van der Waals surface area contributed by atoms with Crippen LogP contribution >= 0.6 is 0 Å². The molecule has 20 heavy (non-hydrogen) atoms. The van der Waals surface area contributed by atoms with Crippen LogP contribution in [0.25, 0.3) is 0 Å². The van der Waals surface area contributed by atoms with Gasteiger partial charge in [-0.15, -0.1) is 0 Å². The molecule has 2 rings (SSSR count). The number of carbonyl (C=O) groups is 1. The number of benzene rings is 1. The lowest BCUT2D eigenvalue weighted by Gasteiger charge is -2.07. The first-order chi connectivity index (χ1) is 9.21. The molecule has 0 atom stereocenters. The van der Waals surface area contributed by atoms with Gasteiger partial charge in [-0.1, -0.05) is 45.0 Å². The number of hydrogen-bond donors (Lipinski definition) is 2. The maximum Gasteiger partial charge on any atom is 0.228 e. The van der Waals surface area contributed by atoms with Gasteiger partial charge >= 0.3 is 0 Å². The van der Waals surface area contributed by atoms with Gasteiger partial charge in [0.2, 0.25) is 5.91 Å². The van der Waals surface area contributed by atoms with Crippen molar-refractivity contribution in [1.82, 2.24) is 0 Å². The van der Waals surface area contributed by atoms with Crippen LogP contribution in [-0.2, 0) is 4.79 Å². The van der Waals surface area contributed by atoms with Crippen LogP contribution in [0.5, 0.6) is 0 Å². The van der Waals surface area contributed by atoms with Gasteiger partial charge < -0.3 is 10.5 Å². The number of carbonyl (C=O) groups excluding carboxylic acids is 1. The van der Waals surface area contributed by atoms with Crippen LogP contribution in [0.1, 0.15) is 40.2 Å². The van der Waals surface area contributed by atoms with E-state index in [9.17, 15) is 4.79 Å². The Morgan fingerprint density at radius 3 is 2.05 bits per heavy atom. The standard InChI is InChI=1S/C16H22N2O2/c1-10(18-20)11-6-8-12(9-7-11)17-14(19)13-15(2,3)16(13,4)5/h6-9,13,20H,1-5H3,(H,17,19). The number of anilines is 1. The molecule has 0 saturated heterocycles. The van der Waals surface area contributed by atoms with E-state index in [4.69, 9.17) is 5.21 Å². The molecule has 1 fully saturated rings. The van der Waals surface area contributed by atoms with Crippen molar-refractivity contribution in [2.75, 3.05) is 5.32 Å². The average Bonchev–Trinajstić information content (AvgIpc) is 2.79. The first-order valence-electron chi connectivity index (χ1n) is 6.82. The Morgan fingerprint density at radius 2 is 1.65 bits per heavy atom. The van der Waals surface area contributed by atoms with Crippen LogP contribution in [0.15, 0.2) is 29.4 Å². The second-order valence-corrected chi connectivity index (χ2v) is 6.63. The molecule has 0 spiro atoms. The number of nitrogens with one attached hydrogen (secondary N) is 1. The maximum atomic E-state index is 12.3. The highest BCUT2D eigenvalue weighted by Crippen LogP contribution is 2.68. The third kappa shape index (κ3) is 2.19. The summed E-state index contributed by atoms with van der Waals surface area (Å²) in [5, 5.41) is 14.8. The monoisotopic (exact) mass is 274 g/mol. The summed E-state index contributed by atoms with van der Waals surface area (Å²) in [5.74, 6) is 0.107. The minimum absolute atomic E-state index is 0.0374. The zero-order valence-electron chi connectivity index (χ0n) is 12.7. The van der Waals surface area contributed by atoms with E-state index in [-0.39, 0.29) is 22.7 Å². The van der Waals surface area contributed by atoms with Gasteiger partial charge in [-0.2, -0.15) is 0 Å². The second kappa shape index (κ2) is 4.62. The van der Waals surface area contributed by atoms with Crippen LogP contribution in [0.3, 0.4) is 0 Å². The highest BCUT2D eigenvalue weighted by atomic mass is 16.4. The molecule has 0 unspecified atom stereocenters. The Labute approximate surface area is 119 Å². The van der Waals surface area contributed by atoms with Crippen molar-refractivity contribution in [3.05, 3.63) is 29.8 Å². The van der Waals surface area contributed by atoms with Crippen LogP contribution in [-0.4, -0.2) is 16.8 Å². The fourth-order valence-corrected chi connectivity index (χ4v) is 2.92. The molecule has 0 radical (unpaired) electrons. The van der Waals surface area contributed by atoms with E-state index >= 15 is 0 Å². The molecular weight excluding hydrogens is 252 g/mol. The molecular formula is C16H22N2O2. The predicted octanol–water partition coefficient (Wildman–Crippen LogP) is 3.51. The Bertz CT molecular complexity index is 542. The van der Waals surface area contributed by atoms with Crippen LogP contribution in [0.4, 0.5) is 5.69 Å². The Balaban J connectivity index is 2.07. The van der Waals surface area contributed by atoms with E-state index < -0.39 is 0 Å². The number of amides is 1. The summed E-state index contributed by atoms with van der Waals surface area (Å²) in [6.45, 7) is 10.2. The van der Waals surface area contributed by atoms with Gasteiger partial charge in [-0.3, -0.25) is 4.79 Å². The molecule has 1 aromatic rings. The van der Waals surface area contributed by atoms with Gasteiger partial charge in [0.1, 0.15) is 0 Å². The molecule has 0 heterocycles. The second-order valence-electron chi connectivity index (χ2n) is 6.63. The van der Waals surface area contributed by atoms with E-state index in [0.29, 0.717) is 5.71 Å². The SMILES string of the molecule is CC(=NO)c1ccc(NC(=O)C2C(C)(C)C2(C)C)cc1. The molecule has 4 heteroatoms. The Hall–Kier alpha value is -1.84. The van der Waals surface area contributed by atoms with Crippen LogP contribution in [0.2, 0.25) is 0 Å². The summed E-state index contributed by atoms with van der Waals surface area (Å²) in [5.41, 5.74) is 2.22. The molecule has 1 aliphatic carbocycles. The zero-order chi connectivity index (χ0) is 15.1. The molecule has 1 aromatic carbocycles. The van der Waals surface area contributed by atoms with E-state index in [1.165, 1.54) is 0 Å². The molecule has 1 aliphatic rings. The topological polar surface area (TPSA) is 61.7 Å². The summed E-state index contributed by atoms with van der Waals surface area (Å²) >= 11 is 0. The molecule has 108 valence electrons. The van der Waals surface area contributed by atoms with Crippen molar-refractivity contribution in [2.45, 2.75) is 34.6 Å². The van der Waals surface area contributed by atoms with Crippen molar-refractivity contribution in [3.8, 4) is 0 Å². The van der Waals surface area contributed by atoms with Crippen LogP contribution < -0.4 is 5.32 Å². The highest BCUT2D eigenvalue weighted by molar-refractivity contribution is 5.99. The van der Waals surface area contributed by atoms with Crippen LogP contribution in [0, 0.1) is 16.7 Å². The van der Waals surface area contributed by atoms with E-state index in [2.05, 4.69) is 38.2 Å². The van der Waals surface area contributed by atoms with Gasteiger partial charge in [0, 0.05) is 11.6 Å². The Kier molecular flexibility index (Phi) is 3.36. The van der Waals surface area contributed by atoms with Gasteiger partial charge in [-0.05, 0) is 35.4 Å². The Morgan fingerprint density at radius 1 is 1.15 bits per heavy atom. The van der Waals surface area contributed by atoms with Crippen molar-refractivity contribution < 1.29 is 10.0 Å². The molecule has 2 N–H and O–H groups in total. The molecule has 0 aliphatic heterocycles. The maximum absolute atomic E-state index is 12.3. The van der Waals surface area contributed by atoms with Crippen molar-refractivity contribution in [3.63, 3.8) is 0 Å². The average molecular weight is 274 g/mol. The third-order valence-corrected chi connectivity index (χ3v) is 5.00. The summed E-state index contributed by atoms with van der Waals surface area (Å²) in [7, 11) is 0. The van der Waals surface area contributed by atoms with Crippen molar-refractivity contribution in [2.24, 2.45) is 21.9 Å². The lowest BCUT2D eigenvalue weighted by atomic mass is 10.0. The van der Waals surface area contributed by atoms with E-state index in [1.807, 2.05) is 24.3 Å². The smallest absolute Gasteiger partial charge is 0.228 e. The molecule has 0 bridgehead atoms. The number of nitrogens with zero attached hydrogens (tertiary/aromatic N) is 1. The van der Waals surface area contributed by atoms with E-state index in [1.54, 1.807) is 6.92 Å². The first kappa shape index (κ1) is 14.6. The third-order valence-electron chi connectivity index (χ3n) is 5.00. The summed E-state index contributed by atoms with van der Waals surface area (Å²) in [6.07, 6.45) is 0. The quantitative estimate of drug-likeness (QED) is 0.503. The minimum atomic E-state index is 0.0374. The summed E-state index contributed by atoms with van der Waals surface area (Å²) in [4.78, 5) is 12.3. The van der Waals surface area contributed by atoms with Gasteiger partial charge in [0.05, 0.1) is 5.71 Å². The molecule has 1 saturated carbocycles. The summed E-state index contributed by atoms with van der Waals surface area (Å²) < 4.78 is 0. The number of rotatable bonds is 3. The zero-order valence-corrected chi connectivity index (χ0v) is 12.7. The molecule has 1 amide bonds. The fourth-order valence-electron chi connectivity index (χ4n) is 2.92. The van der Waals surface area contributed by atoms with E-state index in [0.717, 1.165) is 11.3 Å². The number of oxime groups is 1.